The van der Waals surface area contributed by atoms with Gasteiger partial charge in [-0.3, -0.25) is 9.69 Å². The number of ketones is 1. The summed E-state index contributed by atoms with van der Waals surface area (Å²) >= 11 is 3.31. The maximum Gasteiger partial charge on any atom is 0.411 e. The molecule has 0 N–H and O–H groups in total. The van der Waals surface area contributed by atoms with Crippen LogP contribution in [0.2, 0.25) is 0 Å². The first-order chi connectivity index (χ1) is 12.7. The Balaban J connectivity index is 1.64. The van der Waals surface area contributed by atoms with Crippen LogP contribution in [0.5, 0.6) is 0 Å². The number of hydrogen-bond acceptors (Lipinski definition) is 5. The lowest BCUT2D eigenvalue weighted by Gasteiger charge is -2.35. The minimum Gasteiger partial charge on any atom is -0.456 e. The molecular weight excluding hydrogens is 414 g/mol. The quantitative estimate of drug-likeness (QED) is 0.526. The number of Topliss-reactive ketones (excluding diaryl/α,β-unsaturated/α-hetero) is 1. The third-order valence-corrected chi connectivity index (χ3v) is 5.47. The van der Waals surface area contributed by atoms with E-state index in [4.69, 9.17) is 9.47 Å². The molecule has 1 saturated heterocycles. The van der Waals surface area contributed by atoms with E-state index in [9.17, 15) is 14.4 Å². The molecule has 2 aliphatic rings. The van der Waals surface area contributed by atoms with Crippen molar-refractivity contribution in [2.45, 2.75) is 57.7 Å². The number of piperidine rings is 1. The highest BCUT2D eigenvalue weighted by atomic mass is 79.9. The van der Waals surface area contributed by atoms with E-state index in [1.54, 1.807) is 45.0 Å². The monoisotopic (exact) mass is 437 g/mol. The van der Waals surface area contributed by atoms with E-state index in [0.29, 0.717) is 5.56 Å². The summed E-state index contributed by atoms with van der Waals surface area (Å²) in [7, 11) is 0. The second kappa shape index (κ2) is 7.62. The summed E-state index contributed by atoms with van der Waals surface area (Å²) in [6, 6.07) is 6.20. The van der Waals surface area contributed by atoms with Gasteiger partial charge in [0.2, 0.25) is 0 Å². The summed E-state index contributed by atoms with van der Waals surface area (Å²) in [6.07, 6.45) is 2.03. The number of likely N-dealkylation sites (tertiary alicyclic amines) is 1. The van der Waals surface area contributed by atoms with Crippen molar-refractivity contribution in [1.29, 1.82) is 0 Å². The Bertz CT molecular complexity index is 740. The minimum absolute atomic E-state index is 0.00424. The van der Waals surface area contributed by atoms with Crippen LogP contribution in [0.4, 0.5) is 4.79 Å². The number of hydrogen-bond donors (Lipinski definition) is 0. The molecule has 7 heteroatoms. The van der Waals surface area contributed by atoms with Gasteiger partial charge in [-0.1, -0.05) is 28.1 Å². The summed E-state index contributed by atoms with van der Waals surface area (Å²) in [6.45, 7) is 5.05. The van der Waals surface area contributed by atoms with Crippen LogP contribution in [0.15, 0.2) is 28.7 Å². The van der Waals surface area contributed by atoms with Crippen molar-refractivity contribution in [2.75, 3.05) is 6.61 Å². The molecule has 0 radical (unpaired) electrons. The van der Waals surface area contributed by atoms with Gasteiger partial charge in [0, 0.05) is 16.1 Å². The molecule has 3 rings (SSSR count). The van der Waals surface area contributed by atoms with Crippen molar-refractivity contribution in [3.8, 4) is 0 Å². The van der Waals surface area contributed by atoms with Crippen molar-refractivity contribution < 1.29 is 23.9 Å². The first-order valence-corrected chi connectivity index (χ1v) is 9.92. The molecule has 6 nitrogen and oxygen atoms in total. The van der Waals surface area contributed by atoms with E-state index in [1.165, 1.54) is 4.90 Å². The average molecular weight is 438 g/mol. The standard InChI is InChI=1S/C20H24BrNO5/c1-20(2,3)27-19(25)22-15-9-6-13(10-15)17(22)18(24)26-11-16(23)12-4-7-14(21)8-5-12/h4-5,7-8,13,15,17H,6,9-11H2,1-3H3/t13-,15?,17-/m0/s1. The fourth-order valence-corrected chi connectivity index (χ4v) is 4.07. The lowest BCUT2D eigenvalue weighted by atomic mass is 9.99. The van der Waals surface area contributed by atoms with Crippen molar-refractivity contribution in [2.24, 2.45) is 5.92 Å². The molecule has 3 atom stereocenters. The lowest BCUT2D eigenvalue weighted by Crippen LogP contribution is -2.51. The van der Waals surface area contributed by atoms with Gasteiger partial charge in [0.25, 0.3) is 0 Å². The Morgan fingerprint density at radius 1 is 1.15 bits per heavy atom. The van der Waals surface area contributed by atoms with Gasteiger partial charge in [0.05, 0.1) is 0 Å². The molecule has 1 unspecified atom stereocenters. The Morgan fingerprint density at radius 2 is 1.81 bits per heavy atom. The third-order valence-electron chi connectivity index (χ3n) is 4.94. The van der Waals surface area contributed by atoms with Crippen LogP contribution in [0.25, 0.3) is 0 Å². The second-order valence-electron chi connectivity index (χ2n) is 8.10. The number of carbonyl (C=O) groups excluding carboxylic acids is 3. The number of carbonyl (C=O) groups is 3. The van der Waals surface area contributed by atoms with Gasteiger partial charge in [-0.15, -0.1) is 0 Å². The predicted octanol–water partition coefficient (Wildman–Crippen LogP) is 3.96. The summed E-state index contributed by atoms with van der Waals surface area (Å²) in [5.41, 5.74) is -0.159. The molecule has 1 heterocycles. The molecule has 1 aromatic carbocycles. The van der Waals surface area contributed by atoms with Crippen molar-refractivity contribution >= 4 is 33.8 Å². The van der Waals surface area contributed by atoms with E-state index in [0.717, 1.165) is 23.7 Å². The van der Waals surface area contributed by atoms with Crippen LogP contribution in [-0.2, 0) is 14.3 Å². The SMILES string of the molecule is CC(C)(C)OC(=O)N1C2CC[C@@H](C2)[C@H]1C(=O)OCC(=O)c1ccc(Br)cc1. The van der Waals surface area contributed by atoms with Crippen LogP contribution in [0.1, 0.15) is 50.4 Å². The molecule has 146 valence electrons. The second-order valence-corrected chi connectivity index (χ2v) is 9.01. The highest BCUT2D eigenvalue weighted by Gasteiger charge is 2.53. The van der Waals surface area contributed by atoms with Crippen LogP contribution in [0.3, 0.4) is 0 Å². The Kier molecular flexibility index (Phi) is 5.60. The van der Waals surface area contributed by atoms with E-state index >= 15 is 0 Å². The first-order valence-electron chi connectivity index (χ1n) is 9.12. The van der Waals surface area contributed by atoms with Crippen LogP contribution in [0, 0.1) is 5.92 Å². The summed E-state index contributed by atoms with van der Waals surface area (Å²) in [5, 5.41) is 0. The molecule has 0 spiro atoms. The highest BCUT2D eigenvalue weighted by molar-refractivity contribution is 9.10. The van der Waals surface area contributed by atoms with Crippen molar-refractivity contribution in [3.63, 3.8) is 0 Å². The smallest absolute Gasteiger partial charge is 0.411 e. The molecule has 2 fully saturated rings. The number of esters is 1. The maximum absolute atomic E-state index is 12.7. The molecule has 1 aliphatic carbocycles. The van der Waals surface area contributed by atoms with E-state index < -0.39 is 23.7 Å². The molecule has 1 amide bonds. The van der Waals surface area contributed by atoms with Crippen molar-refractivity contribution in [1.82, 2.24) is 4.90 Å². The summed E-state index contributed by atoms with van der Waals surface area (Å²) < 4.78 is 11.6. The molecule has 2 bridgehead atoms. The molecular formula is C20H24BrNO5. The van der Waals surface area contributed by atoms with Crippen LogP contribution >= 0.6 is 15.9 Å². The number of nitrogens with zero attached hydrogens (tertiary/aromatic N) is 1. The van der Waals surface area contributed by atoms with Crippen molar-refractivity contribution in [3.05, 3.63) is 34.3 Å². The van der Waals surface area contributed by atoms with E-state index in [-0.39, 0.29) is 24.3 Å². The summed E-state index contributed by atoms with van der Waals surface area (Å²) in [5.74, 6) is -0.737. The van der Waals surface area contributed by atoms with Crippen LogP contribution in [-0.4, -0.2) is 47.0 Å². The Morgan fingerprint density at radius 3 is 2.44 bits per heavy atom. The minimum atomic E-state index is -0.670. The zero-order valence-corrected chi connectivity index (χ0v) is 17.3. The highest BCUT2D eigenvalue weighted by Crippen LogP contribution is 2.43. The zero-order chi connectivity index (χ0) is 19.8. The number of ether oxygens (including phenoxy) is 2. The topological polar surface area (TPSA) is 72.9 Å². The largest absolute Gasteiger partial charge is 0.456 e. The molecule has 1 aliphatic heterocycles. The zero-order valence-electron chi connectivity index (χ0n) is 15.7. The van der Waals surface area contributed by atoms with E-state index in [2.05, 4.69) is 15.9 Å². The molecule has 27 heavy (non-hydrogen) atoms. The molecule has 1 saturated carbocycles. The first kappa shape index (κ1) is 19.9. The van der Waals surface area contributed by atoms with Gasteiger partial charge in [-0.2, -0.15) is 0 Å². The average Bonchev–Trinajstić information content (AvgIpc) is 3.19. The third kappa shape index (κ3) is 4.51. The van der Waals surface area contributed by atoms with Gasteiger partial charge in [0.15, 0.2) is 12.4 Å². The molecule has 0 aromatic heterocycles. The lowest BCUT2D eigenvalue weighted by molar-refractivity contribution is -0.150. The Hall–Kier alpha value is -1.89. The number of rotatable bonds is 4. The predicted molar refractivity (Wildman–Crippen MR) is 102 cm³/mol. The molecule has 1 aromatic rings. The van der Waals surface area contributed by atoms with Gasteiger partial charge in [-0.25, -0.2) is 9.59 Å². The van der Waals surface area contributed by atoms with Gasteiger partial charge < -0.3 is 9.47 Å². The number of halogens is 1. The summed E-state index contributed by atoms with van der Waals surface area (Å²) in [4.78, 5) is 39.0. The van der Waals surface area contributed by atoms with Crippen LogP contribution < -0.4 is 0 Å². The normalized spacial score (nSPS) is 24.0. The van der Waals surface area contributed by atoms with E-state index in [1.807, 2.05) is 0 Å². The maximum atomic E-state index is 12.7. The fraction of sp³-hybridized carbons (Fsp3) is 0.550. The van der Waals surface area contributed by atoms with Gasteiger partial charge in [-0.05, 0) is 58.1 Å². The number of amides is 1. The Labute approximate surface area is 167 Å². The number of fused-ring (bicyclic) bond motifs is 2. The number of benzene rings is 1. The fourth-order valence-electron chi connectivity index (χ4n) is 3.81. The van der Waals surface area contributed by atoms with Gasteiger partial charge >= 0.3 is 12.1 Å². The van der Waals surface area contributed by atoms with Gasteiger partial charge in [0.1, 0.15) is 11.6 Å².